The van der Waals surface area contributed by atoms with Crippen LogP contribution in [0, 0.1) is 11.6 Å². The molecule has 0 spiro atoms. The molecule has 1 aromatic rings. The molecule has 1 fully saturated rings. The fraction of sp³-hybridized carbons (Fsp3) is 0.500. The molecule has 0 aromatic heterocycles. The summed E-state index contributed by atoms with van der Waals surface area (Å²) in [6.07, 6.45) is 0. The molecule has 17 heavy (non-hydrogen) atoms. The number of hydrogen-bond donors (Lipinski definition) is 1. The summed E-state index contributed by atoms with van der Waals surface area (Å²) in [6, 6.07) is 2.55. The van der Waals surface area contributed by atoms with Crippen molar-refractivity contribution in [1.29, 1.82) is 0 Å². The Labute approximate surface area is 99.2 Å². The van der Waals surface area contributed by atoms with Crippen molar-refractivity contribution in [3.05, 3.63) is 29.3 Å². The Kier molecular flexibility index (Phi) is 3.59. The largest absolute Gasteiger partial charge is 0.377 e. The average Bonchev–Trinajstić information content (AvgIpc) is 2.30. The van der Waals surface area contributed by atoms with Gasteiger partial charge in [-0.15, -0.1) is 0 Å². The van der Waals surface area contributed by atoms with E-state index in [4.69, 9.17) is 10.5 Å². The highest BCUT2D eigenvalue weighted by Gasteiger charge is 2.25. The molecule has 5 heteroatoms. The van der Waals surface area contributed by atoms with Gasteiger partial charge >= 0.3 is 0 Å². The van der Waals surface area contributed by atoms with Crippen LogP contribution in [0.4, 0.5) is 14.5 Å². The highest BCUT2D eigenvalue weighted by atomic mass is 19.1. The standard InChI is InChI=1S/C12H16F2N2O/c1-8-7-17-3-2-16(8)12-10(13)4-9(6-15)5-11(12)14/h4-5,8H,2-3,6-7,15H2,1H3. The van der Waals surface area contributed by atoms with Crippen LogP contribution in [-0.2, 0) is 11.3 Å². The SMILES string of the molecule is CC1COCCN1c1c(F)cc(CN)cc1F. The lowest BCUT2D eigenvalue weighted by molar-refractivity contribution is 0.0982. The molecule has 1 heterocycles. The number of benzene rings is 1. The van der Waals surface area contributed by atoms with Crippen LogP contribution in [0.5, 0.6) is 0 Å². The molecular formula is C12H16F2N2O. The van der Waals surface area contributed by atoms with Crippen LogP contribution < -0.4 is 10.6 Å². The van der Waals surface area contributed by atoms with Crippen molar-refractivity contribution in [3.8, 4) is 0 Å². The number of halogens is 2. The summed E-state index contributed by atoms with van der Waals surface area (Å²) in [7, 11) is 0. The van der Waals surface area contributed by atoms with Crippen LogP contribution in [-0.4, -0.2) is 25.8 Å². The Morgan fingerprint density at radius 3 is 2.59 bits per heavy atom. The number of nitrogens with zero attached hydrogens (tertiary/aromatic N) is 1. The first kappa shape index (κ1) is 12.3. The molecule has 0 aliphatic carbocycles. The molecule has 2 N–H and O–H groups in total. The quantitative estimate of drug-likeness (QED) is 0.857. The lowest BCUT2D eigenvalue weighted by Crippen LogP contribution is -2.44. The third-order valence-corrected chi connectivity index (χ3v) is 2.97. The predicted molar refractivity (Wildman–Crippen MR) is 61.9 cm³/mol. The van der Waals surface area contributed by atoms with Gasteiger partial charge in [-0.1, -0.05) is 0 Å². The Hall–Kier alpha value is -1.20. The van der Waals surface area contributed by atoms with E-state index in [1.165, 1.54) is 12.1 Å². The number of morpholine rings is 1. The lowest BCUT2D eigenvalue weighted by Gasteiger charge is -2.35. The summed E-state index contributed by atoms with van der Waals surface area (Å²) in [5.74, 6) is -1.11. The van der Waals surface area contributed by atoms with Crippen LogP contribution in [0.15, 0.2) is 12.1 Å². The minimum Gasteiger partial charge on any atom is -0.377 e. The molecule has 1 aliphatic rings. The topological polar surface area (TPSA) is 38.5 Å². The van der Waals surface area contributed by atoms with Crippen molar-refractivity contribution in [1.82, 2.24) is 0 Å². The van der Waals surface area contributed by atoms with Crippen molar-refractivity contribution in [3.63, 3.8) is 0 Å². The van der Waals surface area contributed by atoms with E-state index in [-0.39, 0.29) is 18.3 Å². The van der Waals surface area contributed by atoms with Gasteiger partial charge in [-0.05, 0) is 24.6 Å². The fourth-order valence-electron chi connectivity index (χ4n) is 2.07. The van der Waals surface area contributed by atoms with Gasteiger partial charge in [-0.2, -0.15) is 0 Å². The summed E-state index contributed by atoms with van der Waals surface area (Å²) in [6.45, 7) is 3.48. The maximum atomic E-state index is 13.9. The van der Waals surface area contributed by atoms with Gasteiger partial charge in [0.25, 0.3) is 0 Å². The summed E-state index contributed by atoms with van der Waals surface area (Å²) >= 11 is 0. The van der Waals surface area contributed by atoms with Gasteiger partial charge in [0, 0.05) is 19.1 Å². The van der Waals surface area contributed by atoms with E-state index < -0.39 is 11.6 Å². The zero-order valence-electron chi connectivity index (χ0n) is 9.75. The van der Waals surface area contributed by atoms with Gasteiger partial charge in [-0.25, -0.2) is 8.78 Å². The fourth-order valence-corrected chi connectivity index (χ4v) is 2.07. The van der Waals surface area contributed by atoms with E-state index in [2.05, 4.69) is 0 Å². The van der Waals surface area contributed by atoms with Crippen molar-refractivity contribution >= 4 is 5.69 Å². The maximum Gasteiger partial charge on any atom is 0.149 e. The molecule has 1 unspecified atom stereocenters. The predicted octanol–water partition coefficient (Wildman–Crippen LogP) is 1.65. The van der Waals surface area contributed by atoms with E-state index >= 15 is 0 Å². The number of anilines is 1. The zero-order chi connectivity index (χ0) is 12.4. The number of nitrogens with two attached hydrogens (primary N) is 1. The first-order chi connectivity index (χ1) is 8.13. The average molecular weight is 242 g/mol. The molecule has 1 aromatic carbocycles. The molecule has 1 aliphatic heterocycles. The zero-order valence-corrected chi connectivity index (χ0v) is 9.75. The van der Waals surface area contributed by atoms with E-state index in [1.54, 1.807) is 4.90 Å². The summed E-state index contributed by atoms with van der Waals surface area (Å²) < 4.78 is 33.0. The van der Waals surface area contributed by atoms with Crippen LogP contribution in [0.1, 0.15) is 12.5 Å². The normalized spacial score (nSPS) is 20.7. The molecule has 0 amide bonds. The van der Waals surface area contributed by atoms with Gasteiger partial charge < -0.3 is 15.4 Å². The Balaban J connectivity index is 2.37. The second-order valence-electron chi connectivity index (χ2n) is 4.23. The van der Waals surface area contributed by atoms with E-state index in [1.807, 2.05) is 6.92 Å². The molecule has 1 saturated heterocycles. The van der Waals surface area contributed by atoms with Crippen molar-refractivity contribution in [2.75, 3.05) is 24.7 Å². The Morgan fingerprint density at radius 2 is 2.06 bits per heavy atom. The molecule has 2 rings (SSSR count). The molecule has 1 atom stereocenters. The summed E-state index contributed by atoms with van der Waals surface area (Å²) in [4.78, 5) is 1.70. The third kappa shape index (κ3) is 2.40. The van der Waals surface area contributed by atoms with Crippen molar-refractivity contribution < 1.29 is 13.5 Å². The Bertz CT molecular complexity index is 388. The third-order valence-electron chi connectivity index (χ3n) is 2.97. The smallest absolute Gasteiger partial charge is 0.149 e. The minimum absolute atomic E-state index is 0.0259. The van der Waals surface area contributed by atoms with E-state index in [0.29, 0.717) is 25.3 Å². The number of ether oxygens (including phenoxy) is 1. The molecule has 0 saturated carbocycles. The first-order valence-corrected chi connectivity index (χ1v) is 5.66. The van der Waals surface area contributed by atoms with Gasteiger partial charge in [0.05, 0.1) is 13.2 Å². The van der Waals surface area contributed by atoms with Gasteiger partial charge in [-0.3, -0.25) is 0 Å². The summed E-state index contributed by atoms with van der Waals surface area (Å²) in [5, 5.41) is 0. The summed E-state index contributed by atoms with van der Waals surface area (Å²) in [5.41, 5.74) is 5.87. The van der Waals surface area contributed by atoms with Crippen LogP contribution >= 0.6 is 0 Å². The number of hydrogen-bond acceptors (Lipinski definition) is 3. The Morgan fingerprint density at radius 1 is 1.41 bits per heavy atom. The molecule has 0 bridgehead atoms. The van der Waals surface area contributed by atoms with Crippen molar-refractivity contribution in [2.45, 2.75) is 19.5 Å². The van der Waals surface area contributed by atoms with E-state index in [0.717, 1.165) is 0 Å². The molecule has 94 valence electrons. The molecule has 3 nitrogen and oxygen atoms in total. The second-order valence-corrected chi connectivity index (χ2v) is 4.23. The number of rotatable bonds is 2. The molecular weight excluding hydrogens is 226 g/mol. The van der Waals surface area contributed by atoms with E-state index in [9.17, 15) is 8.78 Å². The minimum atomic E-state index is -0.556. The molecule has 0 radical (unpaired) electrons. The van der Waals surface area contributed by atoms with Crippen LogP contribution in [0.25, 0.3) is 0 Å². The highest BCUT2D eigenvalue weighted by Crippen LogP contribution is 2.27. The second kappa shape index (κ2) is 4.98. The lowest BCUT2D eigenvalue weighted by atomic mass is 10.1. The van der Waals surface area contributed by atoms with Gasteiger partial charge in [0.15, 0.2) is 0 Å². The van der Waals surface area contributed by atoms with Gasteiger partial charge in [0.2, 0.25) is 0 Å². The van der Waals surface area contributed by atoms with Crippen LogP contribution in [0.3, 0.4) is 0 Å². The highest BCUT2D eigenvalue weighted by molar-refractivity contribution is 5.51. The van der Waals surface area contributed by atoms with Gasteiger partial charge in [0.1, 0.15) is 17.3 Å². The monoisotopic (exact) mass is 242 g/mol. The maximum absolute atomic E-state index is 13.9. The van der Waals surface area contributed by atoms with Crippen molar-refractivity contribution in [2.24, 2.45) is 5.73 Å². The van der Waals surface area contributed by atoms with Crippen LogP contribution in [0.2, 0.25) is 0 Å². The first-order valence-electron chi connectivity index (χ1n) is 5.66.